The summed E-state index contributed by atoms with van der Waals surface area (Å²) in [4.78, 5) is 38.2. The minimum absolute atomic E-state index is 0.0260. The number of piperidine rings is 1. The summed E-state index contributed by atoms with van der Waals surface area (Å²) in [5, 5.41) is 5.63. The molecule has 0 bridgehead atoms. The van der Waals surface area contributed by atoms with Crippen molar-refractivity contribution in [1.29, 1.82) is 0 Å². The average molecular weight is 340 g/mol. The number of nitrogens with zero attached hydrogens (tertiary/aromatic N) is 1. The molecule has 0 spiro atoms. The van der Waals surface area contributed by atoms with Gasteiger partial charge in [-0.1, -0.05) is 20.8 Å². The topological polar surface area (TPSA) is 105 Å². The van der Waals surface area contributed by atoms with Crippen LogP contribution in [0, 0.1) is 5.41 Å². The van der Waals surface area contributed by atoms with E-state index in [-0.39, 0.29) is 23.8 Å². The third kappa shape index (κ3) is 6.11. The van der Waals surface area contributed by atoms with Gasteiger partial charge in [0.05, 0.1) is 0 Å². The molecule has 0 aromatic carbocycles. The van der Waals surface area contributed by atoms with Crippen LogP contribution in [0.5, 0.6) is 0 Å². The molecule has 1 heterocycles. The standard InChI is InChI=1S/C17H32N4O3/c1-12(20-16(24)17(2,3)4)15(23)21-10-6-5-7-13(21)11-19-14(22)8-9-18/h12-13H,5-11,18H2,1-4H3,(H,19,22)(H,20,24). The molecule has 0 radical (unpaired) electrons. The van der Waals surface area contributed by atoms with Crippen molar-refractivity contribution in [2.75, 3.05) is 19.6 Å². The Morgan fingerprint density at radius 1 is 1.25 bits per heavy atom. The molecule has 3 amide bonds. The Morgan fingerprint density at radius 2 is 1.92 bits per heavy atom. The average Bonchev–Trinajstić information content (AvgIpc) is 2.51. The molecule has 1 saturated heterocycles. The summed E-state index contributed by atoms with van der Waals surface area (Å²) in [5.41, 5.74) is 4.83. The van der Waals surface area contributed by atoms with E-state index in [2.05, 4.69) is 10.6 Å². The van der Waals surface area contributed by atoms with E-state index >= 15 is 0 Å². The lowest BCUT2D eigenvalue weighted by molar-refractivity contribution is -0.141. The van der Waals surface area contributed by atoms with Crippen molar-refractivity contribution in [3.8, 4) is 0 Å². The summed E-state index contributed by atoms with van der Waals surface area (Å²) in [6.45, 7) is 8.57. The Bertz CT molecular complexity index is 459. The van der Waals surface area contributed by atoms with Crippen LogP contribution in [0.3, 0.4) is 0 Å². The number of carbonyl (C=O) groups is 3. The SMILES string of the molecule is CC(NC(=O)C(C)(C)C)C(=O)N1CCCCC1CNC(=O)CCN. The van der Waals surface area contributed by atoms with Crippen LogP contribution in [-0.2, 0) is 14.4 Å². The first-order valence-electron chi connectivity index (χ1n) is 8.75. The van der Waals surface area contributed by atoms with E-state index in [0.717, 1.165) is 19.3 Å². The van der Waals surface area contributed by atoms with Gasteiger partial charge in [-0.05, 0) is 26.2 Å². The van der Waals surface area contributed by atoms with Gasteiger partial charge in [-0.2, -0.15) is 0 Å². The monoisotopic (exact) mass is 340 g/mol. The summed E-state index contributed by atoms with van der Waals surface area (Å²) in [6, 6.07) is -0.598. The van der Waals surface area contributed by atoms with Gasteiger partial charge < -0.3 is 21.3 Å². The highest BCUT2D eigenvalue weighted by molar-refractivity contribution is 5.89. The van der Waals surface area contributed by atoms with Crippen LogP contribution in [0.25, 0.3) is 0 Å². The number of hydrogen-bond donors (Lipinski definition) is 3. The van der Waals surface area contributed by atoms with Gasteiger partial charge in [-0.3, -0.25) is 14.4 Å². The van der Waals surface area contributed by atoms with Crippen molar-refractivity contribution in [2.24, 2.45) is 11.1 Å². The summed E-state index contributed by atoms with van der Waals surface area (Å²) in [5.74, 6) is -0.330. The highest BCUT2D eigenvalue weighted by Gasteiger charge is 2.32. The number of nitrogens with two attached hydrogens (primary N) is 1. The van der Waals surface area contributed by atoms with Crippen molar-refractivity contribution in [1.82, 2.24) is 15.5 Å². The van der Waals surface area contributed by atoms with Gasteiger partial charge in [0, 0.05) is 37.5 Å². The summed E-state index contributed by atoms with van der Waals surface area (Å²) in [6.07, 6.45) is 3.12. The second-order valence-corrected chi connectivity index (χ2v) is 7.47. The maximum absolute atomic E-state index is 12.7. The number of carbonyl (C=O) groups excluding carboxylic acids is 3. The van der Waals surface area contributed by atoms with Crippen molar-refractivity contribution in [3.05, 3.63) is 0 Å². The molecule has 1 aliphatic heterocycles. The van der Waals surface area contributed by atoms with Crippen LogP contribution in [-0.4, -0.2) is 54.3 Å². The van der Waals surface area contributed by atoms with Gasteiger partial charge in [-0.15, -0.1) is 0 Å². The fraction of sp³-hybridized carbons (Fsp3) is 0.824. The summed E-state index contributed by atoms with van der Waals surface area (Å²) in [7, 11) is 0. The highest BCUT2D eigenvalue weighted by Crippen LogP contribution is 2.18. The van der Waals surface area contributed by atoms with Crippen molar-refractivity contribution < 1.29 is 14.4 Å². The minimum atomic E-state index is -0.572. The molecular formula is C17H32N4O3. The number of rotatable bonds is 6. The van der Waals surface area contributed by atoms with E-state index in [0.29, 0.717) is 26.1 Å². The molecule has 2 unspecified atom stereocenters. The summed E-state index contributed by atoms with van der Waals surface area (Å²) < 4.78 is 0. The van der Waals surface area contributed by atoms with Crippen LogP contribution in [0.4, 0.5) is 0 Å². The first-order valence-corrected chi connectivity index (χ1v) is 8.75. The van der Waals surface area contributed by atoms with Crippen LogP contribution in [0.1, 0.15) is 53.4 Å². The predicted octanol–water partition coefficient (Wildman–Crippen LogP) is 0.383. The lowest BCUT2D eigenvalue weighted by atomic mass is 9.95. The van der Waals surface area contributed by atoms with E-state index in [1.165, 1.54) is 0 Å². The Kier molecular flexibility index (Phi) is 7.66. The quantitative estimate of drug-likeness (QED) is 0.650. The van der Waals surface area contributed by atoms with Crippen molar-refractivity contribution in [2.45, 2.75) is 65.5 Å². The van der Waals surface area contributed by atoms with Crippen LogP contribution >= 0.6 is 0 Å². The minimum Gasteiger partial charge on any atom is -0.354 e. The number of amides is 3. The molecular weight excluding hydrogens is 308 g/mol. The zero-order valence-corrected chi connectivity index (χ0v) is 15.4. The number of likely N-dealkylation sites (tertiary alicyclic amines) is 1. The van der Waals surface area contributed by atoms with Gasteiger partial charge in [0.2, 0.25) is 17.7 Å². The van der Waals surface area contributed by atoms with E-state index in [4.69, 9.17) is 5.73 Å². The Balaban J connectivity index is 2.64. The molecule has 7 nitrogen and oxygen atoms in total. The maximum Gasteiger partial charge on any atom is 0.245 e. The molecule has 0 aliphatic carbocycles. The normalized spacial score (nSPS) is 19.5. The van der Waals surface area contributed by atoms with Gasteiger partial charge in [0.15, 0.2) is 0 Å². The molecule has 24 heavy (non-hydrogen) atoms. The predicted molar refractivity (Wildman–Crippen MR) is 93.1 cm³/mol. The molecule has 7 heteroatoms. The molecule has 1 rings (SSSR count). The third-order valence-electron chi connectivity index (χ3n) is 4.22. The molecule has 0 aromatic heterocycles. The smallest absolute Gasteiger partial charge is 0.245 e. The first kappa shape index (κ1) is 20.4. The lowest BCUT2D eigenvalue weighted by Crippen LogP contribution is -2.56. The van der Waals surface area contributed by atoms with Crippen molar-refractivity contribution in [3.63, 3.8) is 0 Å². The molecule has 138 valence electrons. The van der Waals surface area contributed by atoms with Gasteiger partial charge >= 0.3 is 0 Å². The summed E-state index contributed by atoms with van der Waals surface area (Å²) >= 11 is 0. The molecule has 0 aromatic rings. The highest BCUT2D eigenvalue weighted by atomic mass is 16.2. The molecule has 0 saturated carbocycles. The zero-order valence-electron chi connectivity index (χ0n) is 15.4. The van der Waals surface area contributed by atoms with E-state index < -0.39 is 11.5 Å². The Labute approximate surface area is 144 Å². The fourth-order valence-corrected chi connectivity index (χ4v) is 2.68. The van der Waals surface area contributed by atoms with Crippen LogP contribution in [0.15, 0.2) is 0 Å². The van der Waals surface area contributed by atoms with E-state index in [1.807, 2.05) is 20.8 Å². The number of nitrogens with one attached hydrogen (secondary N) is 2. The van der Waals surface area contributed by atoms with Crippen molar-refractivity contribution >= 4 is 17.7 Å². The largest absolute Gasteiger partial charge is 0.354 e. The molecule has 1 fully saturated rings. The fourth-order valence-electron chi connectivity index (χ4n) is 2.68. The van der Waals surface area contributed by atoms with Crippen LogP contribution < -0.4 is 16.4 Å². The molecule has 2 atom stereocenters. The van der Waals surface area contributed by atoms with E-state index in [9.17, 15) is 14.4 Å². The molecule has 1 aliphatic rings. The van der Waals surface area contributed by atoms with Gasteiger partial charge in [-0.25, -0.2) is 0 Å². The molecule has 4 N–H and O–H groups in total. The van der Waals surface area contributed by atoms with E-state index in [1.54, 1.807) is 11.8 Å². The Morgan fingerprint density at radius 3 is 2.50 bits per heavy atom. The van der Waals surface area contributed by atoms with Crippen LogP contribution in [0.2, 0.25) is 0 Å². The van der Waals surface area contributed by atoms with Gasteiger partial charge in [0.25, 0.3) is 0 Å². The third-order valence-corrected chi connectivity index (χ3v) is 4.22. The maximum atomic E-state index is 12.7. The first-order chi connectivity index (χ1) is 11.2. The Hall–Kier alpha value is -1.63. The second kappa shape index (κ2) is 9.01. The zero-order chi connectivity index (χ0) is 18.3. The second-order valence-electron chi connectivity index (χ2n) is 7.47. The lowest BCUT2D eigenvalue weighted by Gasteiger charge is -2.37. The number of hydrogen-bond acceptors (Lipinski definition) is 4. The van der Waals surface area contributed by atoms with Gasteiger partial charge in [0.1, 0.15) is 6.04 Å².